The second kappa shape index (κ2) is 5.54. The maximum atomic E-state index is 13.3. The SMILES string of the molecule is Cc1nc(CNCc2cc(F)ccc2F)sc1C. The van der Waals surface area contributed by atoms with Gasteiger partial charge in [-0.05, 0) is 32.0 Å². The molecule has 0 atom stereocenters. The van der Waals surface area contributed by atoms with Crippen molar-refractivity contribution in [2.75, 3.05) is 0 Å². The third kappa shape index (κ3) is 3.11. The van der Waals surface area contributed by atoms with Gasteiger partial charge in [0, 0.05) is 23.5 Å². The number of rotatable bonds is 4. The number of aryl methyl sites for hydroxylation is 2. The Balaban J connectivity index is 1.94. The Bertz CT molecular complexity index is 532. The Labute approximate surface area is 109 Å². The normalized spacial score (nSPS) is 10.9. The molecule has 0 amide bonds. The van der Waals surface area contributed by atoms with Crippen LogP contribution in [0.1, 0.15) is 21.1 Å². The van der Waals surface area contributed by atoms with Gasteiger partial charge >= 0.3 is 0 Å². The molecule has 18 heavy (non-hydrogen) atoms. The van der Waals surface area contributed by atoms with Crippen LogP contribution in [0.5, 0.6) is 0 Å². The third-order valence-corrected chi connectivity index (χ3v) is 3.75. The fraction of sp³-hybridized carbons (Fsp3) is 0.308. The van der Waals surface area contributed by atoms with E-state index in [-0.39, 0.29) is 0 Å². The number of thiazole rings is 1. The molecule has 2 rings (SSSR count). The van der Waals surface area contributed by atoms with Gasteiger partial charge in [-0.3, -0.25) is 0 Å². The first-order chi connectivity index (χ1) is 8.56. The summed E-state index contributed by atoms with van der Waals surface area (Å²) in [5.74, 6) is -0.815. The minimum absolute atomic E-state index is 0.293. The number of nitrogens with zero attached hydrogens (tertiary/aromatic N) is 1. The van der Waals surface area contributed by atoms with Crippen molar-refractivity contribution in [2.45, 2.75) is 26.9 Å². The van der Waals surface area contributed by atoms with Crippen molar-refractivity contribution in [1.29, 1.82) is 0 Å². The molecule has 1 aromatic carbocycles. The summed E-state index contributed by atoms with van der Waals surface area (Å²) in [6.07, 6.45) is 0. The lowest BCUT2D eigenvalue weighted by Gasteiger charge is -2.04. The molecule has 0 radical (unpaired) electrons. The maximum absolute atomic E-state index is 13.3. The molecule has 0 aliphatic heterocycles. The standard InChI is InChI=1S/C13H14F2N2S/c1-8-9(2)18-13(17-8)7-16-6-10-5-11(14)3-4-12(10)15/h3-5,16H,6-7H2,1-2H3. The van der Waals surface area contributed by atoms with Crippen LogP contribution in [0.25, 0.3) is 0 Å². The summed E-state index contributed by atoms with van der Waals surface area (Å²) >= 11 is 1.62. The molecule has 1 heterocycles. The molecule has 0 saturated carbocycles. The molecular formula is C13H14F2N2S. The quantitative estimate of drug-likeness (QED) is 0.920. The second-order valence-corrected chi connectivity index (χ2v) is 5.38. The van der Waals surface area contributed by atoms with E-state index in [1.54, 1.807) is 11.3 Å². The van der Waals surface area contributed by atoms with Crippen LogP contribution >= 0.6 is 11.3 Å². The van der Waals surface area contributed by atoms with Crippen LogP contribution < -0.4 is 5.32 Å². The van der Waals surface area contributed by atoms with Crippen molar-refractivity contribution in [3.8, 4) is 0 Å². The van der Waals surface area contributed by atoms with Gasteiger partial charge in [0.2, 0.25) is 0 Å². The van der Waals surface area contributed by atoms with Crippen LogP contribution in [0.15, 0.2) is 18.2 Å². The molecule has 0 aliphatic carbocycles. The van der Waals surface area contributed by atoms with Crippen molar-refractivity contribution < 1.29 is 8.78 Å². The summed E-state index contributed by atoms with van der Waals surface area (Å²) in [5, 5.41) is 4.03. The molecule has 0 bridgehead atoms. The number of nitrogens with one attached hydrogen (secondary N) is 1. The van der Waals surface area contributed by atoms with Gasteiger partial charge in [0.15, 0.2) is 0 Å². The molecule has 2 nitrogen and oxygen atoms in total. The van der Waals surface area contributed by atoms with Gasteiger partial charge in [0.05, 0.1) is 5.69 Å². The van der Waals surface area contributed by atoms with E-state index in [2.05, 4.69) is 10.3 Å². The van der Waals surface area contributed by atoms with Gasteiger partial charge in [-0.1, -0.05) is 0 Å². The average molecular weight is 268 g/mol. The van der Waals surface area contributed by atoms with Crippen LogP contribution in [-0.4, -0.2) is 4.98 Å². The Morgan fingerprint density at radius 3 is 2.67 bits per heavy atom. The molecule has 96 valence electrons. The van der Waals surface area contributed by atoms with E-state index in [1.165, 1.54) is 10.9 Å². The fourth-order valence-corrected chi connectivity index (χ4v) is 2.50. The molecule has 0 unspecified atom stereocenters. The lowest BCUT2D eigenvalue weighted by atomic mass is 10.2. The van der Waals surface area contributed by atoms with Gasteiger partial charge in [0.1, 0.15) is 16.6 Å². The van der Waals surface area contributed by atoms with Crippen LogP contribution in [0.4, 0.5) is 8.78 Å². The van der Waals surface area contributed by atoms with Gasteiger partial charge in [-0.2, -0.15) is 0 Å². The zero-order valence-electron chi connectivity index (χ0n) is 10.3. The first kappa shape index (κ1) is 13.1. The summed E-state index contributed by atoms with van der Waals surface area (Å²) in [6, 6.07) is 3.47. The van der Waals surface area contributed by atoms with Crippen molar-refractivity contribution in [3.63, 3.8) is 0 Å². The van der Waals surface area contributed by atoms with Gasteiger partial charge < -0.3 is 5.32 Å². The number of hydrogen-bond acceptors (Lipinski definition) is 3. The molecule has 0 fully saturated rings. The van der Waals surface area contributed by atoms with Crippen molar-refractivity contribution in [2.24, 2.45) is 0 Å². The lowest BCUT2D eigenvalue weighted by molar-refractivity contribution is 0.568. The Morgan fingerprint density at radius 2 is 2.00 bits per heavy atom. The first-order valence-electron chi connectivity index (χ1n) is 5.64. The van der Waals surface area contributed by atoms with E-state index in [9.17, 15) is 8.78 Å². The largest absolute Gasteiger partial charge is 0.306 e. The van der Waals surface area contributed by atoms with Crippen LogP contribution in [0.2, 0.25) is 0 Å². The predicted octanol–water partition coefficient (Wildman–Crippen LogP) is 3.33. The van der Waals surface area contributed by atoms with Gasteiger partial charge in [0.25, 0.3) is 0 Å². The highest BCUT2D eigenvalue weighted by atomic mass is 32.1. The van der Waals surface area contributed by atoms with E-state index in [4.69, 9.17) is 0 Å². The summed E-state index contributed by atoms with van der Waals surface area (Å²) in [6.45, 7) is 4.83. The number of halogens is 2. The smallest absolute Gasteiger partial charge is 0.127 e. The number of benzene rings is 1. The van der Waals surface area contributed by atoms with Crippen LogP contribution in [0.3, 0.4) is 0 Å². The van der Waals surface area contributed by atoms with E-state index >= 15 is 0 Å². The molecule has 0 saturated heterocycles. The van der Waals surface area contributed by atoms with Gasteiger partial charge in [-0.25, -0.2) is 13.8 Å². The lowest BCUT2D eigenvalue weighted by Crippen LogP contribution is -2.13. The van der Waals surface area contributed by atoms with E-state index in [1.807, 2.05) is 13.8 Å². The van der Waals surface area contributed by atoms with E-state index < -0.39 is 11.6 Å². The van der Waals surface area contributed by atoms with Crippen molar-refractivity contribution in [1.82, 2.24) is 10.3 Å². The highest BCUT2D eigenvalue weighted by Crippen LogP contribution is 2.16. The fourth-order valence-electron chi connectivity index (χ4n) is 1.60. The van der Waals surface area contributed by atoms with Crippen LogP contribution in [0, 0.1) is 25.5 Å². The molecule has 0 spiro atoms. The predicted molar refractivity (Wildman–Crippen MR) is 68.5 cm³/mol. The summed E-state index contributed by atoms with van der Waals surface area (Å²) in [4.78, 5) is 5.55. The molecule has 5 heteroatoms. The third-order valence-electron chi connectivity index (χ3n) is 2.67. The number of aromatic nitrogens is 1. The molecule has 1 aromatic heterocycles. The Kier molecular flexibility index (Phi) is 4.04. The van der Waals surface area contributed by atoms with Gasteiger partial charge in [-0.15, -0.1) is 11.3 Å². The molecule has 2 aromatic rings. The zero-order valence-corrected chi connectivity index (χ0v) is 11.1. The summed E-state index contributed by atoms with van der Waals surface area (Å²) < 4.78 is 26.3. The monoisotopic (exact) mass is 268 g/mol. The van der Waals surface area contributed by atoms with E-state index in [0.717, 1.165) is 22.8 Å². The minimum Gasteiger partial charge on any atom is -0.306 e. The first-order valence-corrected chi connectivity index (χ1v) is 6.45. The molecule has 0 aliphatic rings. The van der Waals surface area contributed by atoms with Crippen molar-refractivity contribution >= 4 is 11.3 Å². The molecular weight excluding hydrogens is 254 g/mol. The van der Waals surface area contributed by atoms with Crippen LogP contribution in [-0.2, 0) is 13.1 Å². The zero-order chi connectivity index (χ0) is 13.1. The highest BCUT2D eigenvalue weighted by Gasteiger charge is 2.05. The maximum Gasteiger partial charge on any atom is 0.127 e. The Morgan fingerprint density at radius 1 is 1.22 bits per heavy atom. The second-order valence-electron chi connectivity index (χ2n) is 4.09. The topological polar surface area (TPSA) is 24.9 Å². The average Bonchev–Trinajstić information content (AvgIpc) is 2.63. The Hall–Kier alpha value is -1.33. The summed E-state index contributed by atoms with van der Waals surface area (Å²) in [5.41, 5.74) is 1.36. The molecule has 1 N–H and O–H groups in total. The van der Waals surface area contributed by atoms with Crippen molar-refractivity contribution in [3.05, 3.63) is 51.0 Å². The number of hydrogen-bond donors (Lipinski definition) is 1. The minimum atomic E-state index is -0.422. The van der Waals surface area contributed by atoms with E-state index in [0.29, 0.717) is 18.7 Å². The highest BCUT2D eigenvalue weighted by molar-refractivity contribution is 7.11. The summed E-state index contributed by atoms with van der Waals surface area (Å²) in [7, 11) is 0.